The summed E-state index contributed by atoms with van der Waals surface area (Å²) < 4.78 is 12.8. The predicted molar refractivity (Wildman–Crippen MR) is 128 cm³/mol. The Labute approximate surface area is 204 Å². The van der Waals surface area contributed by atoms with Gasteiger partial charge in [-0.1, -0.05) is 23.4 Å². The van der Waals surface area contributed by atoms with E-state index in [0.717, 1.165) is 11.3 Å². The van der Waals surface area contributed by atoms with Gasteiger partial charge in [-0.25, -0.2) is 0 Å². The van der Waals surface area contributed by atoms with Crippen molar-refractivity contribution in [1.82, 2.24) is 14.8 Å². The smallest absolute Gasteiger partial charge is 0.262 e. The van der Waals surface area contributed by atoms with E-state index in [1.165, 1.54) is 11.8 Å². The van der Waals surface area contributed by atoms with Crippen LogP contribution in [-0.2, 0) is 11.3 Å². The highest BCUT2D eigenvalue weighted by Crippen LogP contribution is 2.32. The van der Waals surface area contributed by atoms with Crippen LogP contribution in [0.3, 0.4) is 0 Å². The Balaban J connectivity index is 1.42. The first-order valence-corrected chi connectivity index (χ1v) is 11.7. The third kappa shape index (κ3) is 4.57. The van der Waals surface area contributed by atoms with Gasteiger partial charge in [-0.05, 0) is 61.5 Å². The number of nitrogens with zero attached hydrogens (tertiary/aromatic N) is 3. The van der Waals surface area contributed by atoms with Crippen LogP contribution < -0.4 is 10.1 Å². The molecule has 8 nitrogen and oxygen atoms in total. The standard InChI is InChI=1S/C24H19ClN4O4S/c1-14(22(31)16-6-9-20-19(11-16)26-21(30)13-33-20)34-24-28-27-23(15-4-7-17(25)8-5-15)29(24)12-18-3-2-10-32-18/h2-11,14H,12-13H2,1H3,(H,26,30). The SMILES string of the molecule is CC(Sc1nnc(-c2ccc(Cl)cc2)n1Cc1ccco1)C(=O)c1ccc2c(c1)NC(=O)CO2. The lowest BCUT2D eigenvalue weighted by Crippen LogP contribution is -2.25. The van der Waals surface area contributed by atoms with E-state index >= 15 is 0 Å². The molecule has 5 rings (SSSR count). The van der Waals surface area contributed by atoms with Gasteiger partial charge in [0.1, 0.15) is 11.5 Å². The molecule has 0 radical (unpaired) electrons. The van der Waals surface area contributed by atoms with E-state index in [0.29, 0.717) is 39.5 Å². The highest BCUT2D eigenvalue weighted by molar-refractivity contribution is 8.00. The summed E-state index contributed by atoms with van der Waals surface area (Å²) in [5.41, 5.74) is 1.81. The molecule has 0 saturated heterocycles. The molecule has 172 valence electrons. The van der Waals surface area contributed by atoms with Crippen LogP contribution in [-0.4, -0.2) is 38.3 Å². The van der Waals surface area contributed by atoms with Gasteiger partial charge in [0.25, 0.3) is 5.91 Å². The number of carbonyl (C=O) groups is 2. The highest BCUT2D eigenvalue weighted by Gasteiger charge is 2.24. The van der Waals surface area contributed by atoms with Gasteiger partial charge in [-0.15, -0.1) is 10.2 Å². The number of carbonyl (C=O) groups excluding carboxylic acids is 2. The molecule has 1 amide bonds. The first-order chi connectivity index (χ1) is 16.5. The number of hydrogen-bond acceptors (Lipinski definition) is 7. The highest BCUT2D eigenvalue weighted by atomic mass is 35.5. The van der Waals surface area contributed by atoms with E-state index < -0.39 is 5.25 Å². The van der Waals surface area contributed by atoms with Crippen LogP contribution >= 0.6 is 23.4 Å². The molecule has 3 heterocycles. The second-order valence-electron chi connectivity index (χ2n) is 7.65. The molecule has 1 aliphatic rings. The number of halogens is 1. The van der Waals surface area contributed by atoms with Crippen molar-refractivity contribution in [1.29, 1.82) is 0 Å². The van der Waals surface area contributed by atoms with Gasteiger partial charge in [0, 0.05) is 16.1 Å². The first kappa shape index (κ1) is 22.2. The fraction of sp³-hybridized carbons (Fsp3) is 0.167. The van der Waals surface area contributed by atoms with Gasteiger partial charge in [0.15, 0.2) is 23.4 Å². The van der Waals surface area contributed by atoms with Crippen LogP contribution in [0.1, 0.15) is 23.0 Å². The minimum absolute atomic E-state index is 0.0339. The molecule has 0 aliphatic carbocycles. The maximum atomic E-state index is 13.2. The van der Waals surface area contributed by atoms with Crippen molar-refractivity contribution < 1.29 is 18.7 Å². The van der Waals surface area contributed by atoms with Gasteiger partial charge in [0.05, 0.1) is 23.7 Å². The Hall–Kier alpha value is -3.56. The van der Waals surface area contributed by atoms with Gasteiger partial charge in [-0.2, -0.15) is 0 Å². The number of nitrogens with one attached hydrogen (secondary N) is 1. The summed E-state index contributed by atoms with van der Waals surface area (Å²) in [5, 5.41) is 12.2. The van der Waals surface area contributed by atoms with Crippen molar-refractivity contribution >= 4 is 40.7 Å². The second kappa shape index (κ2) is 9.36. The van der Waals surface area contributed by atoms with E-state index in [4.69, 9.17) is 20.8 Å². The average molecular weight is 495 g/mol. The lowest BCUT2D eigenvalue weighted by molar-refractivity contribution is -0.118. The molecule has 34 heavy (non-hydrogen) atoms. The van der Waals surface area contributed by atoms with Crippen LogP contribution in [0, 0.1) is 0 Å². The Bertz CT molecular complexity index is 1350. The number of hydrogen-bond donors (Lipinski definition) is 1. The van der Waals surface area contributed by atoms with E-state index in [9.17, 15) is 9.59 Å². The van der Waals surface area contributed by atoms with Gasteiger partial charge in [0.2, 0.25) is 0 Å². The molecule has 0 bridgehead atoms. The van der Waals surface area contributed by atoms with Crippen LogP contribution in [0.2, 0.25) is 5.02 Å². The van der Waals surface area contributed by atoms with E-state index in [2.05, 4.69) is 15.5 Å². The summed E-state index contributed by atoms with van der Waals surface area (Å²) in [4.78, 5) is 24.8. The number of fused-ring (bicyclic) bond motifs is 1. The molecule has 1 unspecified atom stereocenters. The Morgan fingerprint density at radius 2 is 2.03 bits per heavy atom. The third-order valence-electron chi connectivity index (χ3n) is 5.26. The van der Waals surface area contributed by atoms with Crippen molar-refractivity contribution in [3.8, 4) is 17.1 Å². The molecule has 4 aromatic rings. The zero-order valence-electron chi connectivity index (χ0n) is 18.0. The monoisotopic (exact) mass is 494 g/mol. The topological polar surface area (TPSA) is 99.3 Å². The van der Waals surface area contributed by atoms with Crippen molar-refractivity contribution in [2.75, 3.05) is 11.9 Å². The zero-order valence-corrected chi connectivity index (χ0v) is 19.6. The Morgan fingerprint density at radius 3 is 2.79 bits per heavy atom. The predicted octanol–water partition coefficient (Wildman–Crippen LogP) is 4.93. The maximum absolute atomic E-state index is 13.2. The van der Waals surface area contributed by atoms with Crippen molar-refractivity contribution in [2.45, 2.75) is 23.9 Å². The molecule has 2 aromatic heterocycles. The molecule has 0 saturated carbocycles. The van der Waals surface area contributed by atoms with Crippen LogP contribution in [0.25, 0.3) is 11.4 Å². The van der Waals surface area contributed by atoms with E-state index in [-0.39, 0.29) is 18.3 Å². The summed E-state index contributed by atoms with van der Waals surface area (Å²) in [6.07, 6.45) is 1.61. The number of benzene rings is 2. The summed E-state index contributed by atoms with van der Waals surface area (Å²) >= 11 is 7.35. The Morgan fingerprint density at radius 1 is 1.21 bits per heavy atom. The number of ether oxygens (including phenoxy) is 1. The van der Waals surface area contributed by atoms with Gasteiger partial charge < -0.3 is 14.5 Å². The average Bonchev–Trinajstić information content (AvgIpc) is 3.49. The third-order valence-corrected chi connectivity index (χ3v) is 6.59. The molecule has 1 atom stereocenters. The second-order valence-corrected chi connectivity index (χ2v) is 9.40. The molecule has 2 aromatic carbocycles. The number of furan rings is 1. The largest absolute Gasteiger partial charge is 0.482 e. The molecule has 1 N–H and O–H groups in total. The fourth-order valence-corrected chi connectivity index (χ4v) is 4.62. The van der Waals surface area contributed by atoms with Crippen LogP contribution in [0.4, 0.5) is 5.69 Å². The first-order valence-electron chi connectivity index (χ1n) is 10.5. The number of Topliss-reactive ketones (excluding diaryl/α,β-unsaturated/α-hetero) is 1. The van der Waals surface area contributed by atoms with Gasteiger partial charge in [-0.3, -0.25) is 14.2 Å². The summed E-state index contributed by atoms with van der Waals surface area (Å²) in [7, 11) is 0. The Kier molecular flexibility index (Phi) is 6.12. The number of aromatic nitrogens is 3. The summed E-state index contributed by atoms with van der Waals surface area (Å²) in [5.74, 6) is 1.57. The van der Waals surface area contributed by atoms with Crippen molar-refractivity contribution in [3.05, 3.63) is 77.2 Å². The van der Waals surface area contributed by atoms with Crippen molar-refractivity contribution in [3.63, 3.8) is 0 Å². The molecule has 1 aliphatic heterocycles. The summed E-state index contributed by atoms with van der Waals surface area (Å²) in [6.45, 7) is 2.19. The van der Waals surface area contributed by atoms with E-state index in [1.807, 2.05) is 35.8 Å². The number of rotatable bonds is 7. The minimum atomic E-state index is -0.462. The normalized spacial score (nSPS) is 13.6. The fourth-order valence-electron chi connectivity index (χ4n) is 3.57. The molecule has 0 spiro atoms. The lowest BCUT2D eigenvalue weighted by atomic mass is 10.1. The minimum Gasteiger partial charge on any atom is -0.482 e. The molecule has 0 fully saturated rings. The van der Waals surface area contributed by atoms with Crippen molar-refractivity contribution in [2.24, 2.45) is 0 Å². The number of ketones is 1. The number of thioether (sulfide) groups is 1. The summed E-state index contributed by atoms with van der Waals surface area (Å²) in [6, 6.07) is 16.0. The zero-order chi connectivity index (χ0) is 23.7. The number of anilines is 1. The quantitative estimate of drug-likeness (QED) is 0.287. The lowest BCUT2D eigenvalue weighted by Gasteiger charge is -2.19. The van der Waals surface area contributed by atoms with Crippen LogP contribution in [0.15, 0.2) is 70.4 Å². The maximum Gasteiger partial charge on any atom is 0.262 e. The molecular formula is C24H19ClN4O4S. The molecular weight excluding hydrogens is 476 g/mol. The molecule has 10 heteroatoms. The van der Waals surface area contributed by atoms with Crippen LogP contribution in [0.5, 0.6) is 5.75 Å². The number of amides is 1. The van der Waals surface area contributed by atoms with Gasteiger partial charge >= 0.3 is 0 Å². The van der Waals surface area contributed by atoms with E-state index in [1.54, 1.807) is 36.6 Å².